The number of amides is 2. The molecule has 4 rings (SSSR count). The molecule has 8 heteroatoms. The van der Waals surface area contributed by atoms with E-state index >= 15 is 0 Å². The molecule has 2 aliphatic heterocycles. The number of carbonyl (C=O) groups excluding carboxylic acids is 2. The Balaban J connectivity index is 1.67. The summed E-state index contributed by atoms with van der Waals surface area (Å²) < 4.78 is 15.9. The highest BCUT2D eigenvalue weighted by molar-refractivity contribution is 6.35. The van der Waals surface area contributed by atoms with Crippen molar-refractivity contribution in [3.8, 4) is 11.5 Å². The molecule has 0 spiro atoms. The third kappa shape index (κ3) is 4.39. The van der Waals surface area contributed by atoms with Crippen molar-refractivity contribution in [1.29, 1.82) is 0 Å². The zero-order valence-electron chi connectivity index (χ0n) is 19.2. The highest BCUT2D eigenvalue weighted by atomic mass is 16.5. The van der Waals surface area contributed by atoms with E-state index in [1.807, 2.05) is 23.1 Å². The number of carbonyl (C=O) groups is 2. The summed E-state index contributed by atoms with van der Waals surface area (Å²) in [6, 6.07) is 15.5. The predicted molar refractivity (Wildman–Crippen MR) is 125 cm³/mol. The Morgan fingerprint density at radius 2 is 1.45 bits per heavy atom. The van der Waals surface area contributed by atoms with E-state index in [9.17, 15) is 9.59 Å². The van der Waals surface area contributed by atoms with Gasteiger partial charge in [-0.25, -0.2) is 0 Å². The topological polar surface area (TPSA) is 71.6 Å². The summed E-state index contributed by atoms with van der Waals surface area (Å²) in [7, 11) is 4.66. The highest BCUT2D eigenvalue weighted by Crippen LogP contribution is 2.36. The fourth-order valence-electron chi connectivity index (χ4n) is 4.32. The second-order valence-electron chi connectivity index (χ2n) is 7.86. The van der Waals surface area contributed by atoms with Crippen LogP contribution in [0.1, 0.15) is 5.56 Å². The molecule has 0 atom stereocenters. The number of methoxy groups -OCH3 is 3. The fraction of sp³-hybridized carbons (Fsp3) is 0.360. The number of hydrogen-bond donors (Lipinski definition) is 0. The third-order valence-corrected chi connectivity index (χ3v) is 6.05. The van der Waals surface area contributed by atoms with Gasteiger partial charge in [0.1, 0.15) is 5.70 Å². The second kappa shape index (κ2) is 9.95. The lowest BCUT2D eigenvalue weighted by atomic mass is 10.0. The molecule has 2 amide bonds. The molecule has 0 saturated carbocycles. The number of imide groups is 1. The Hall–Kier alpha value is -3.52. The molecule has 0 aliphatic carbocycles. The SMILES string of the molecule is COCCN1C(=O)C(c2ccc(OC)c(OC)c2)=C(N2CCN(c3ccccc3)CC2)C1=O. The lowest BCUT2D eigenvalue weighted by Gasteiger charge is -2.37. The van der Waals surface area contributed by atoms with E-state index in [1.165, 1.54) is 4.90 Å². The van der Waals surface area contributed by atoms with Crippen molar-refractivity contribution in [3.05, 3.63) is 59.8 Å². The van der Waals surface area contributed by atoms with Crippen LogP contribution < -0.4 is 14.4 Å². The molecule has 174 valence electrons. The lowest BCUT2D eigenvalue weighted by Crippen LogP contribution is -2.47. The normalized spacial score (nSPS) is 16.6. The molecule has 1 saturated heterocycles. The van der Waals surface area contributed by atoms with Gasteiger partial charge in [-0.3, -0.25) is 14.5 Å². The van der Waals surface area contributed by atoms with Crippen molar-refractivity contribution < 1.29 is 23.8 Å². The first-order valence-electron chi connectivity index (χ1n) is 11.0. The molecule has 0 unspecified atom stereocenters. The van der Waals surface area contributed by atoms with E-state index in [2.05, 4.69) is 17.0 Å². The minimum atomic E-state index is -0.315. The van der Waals surface area contributed by atoms with Crippen LogP contribution in [-0.2, 0) is 14.3 Å². The van der Waals surface area contributed by atoms with Crippen molar-refractivity contribution in [3.63, 3.8) is 0 Å². The van der Waals surface area contributed by atoms with Gasteiger partial charge in [0.25, 0.3) is 11.8 Å². The monoisotopic (exact) mass is 451 g/mol. The van der Waals surface area contributed by atoms with Crippen LogP contribution in [0.5, 0.6) is 11.5 Å². The van der Waals surface area contributed by atoms with Gasteiger partial charge in [-0.05, 0) is 29.8 Å². The van der Waals surface area contributed by atoms with E-state index in [4.69, 9.17) is 14.2 Å². The molecule has 0 aromatic heterocycles. The minimum absolute atomic E-state index is 0.207. The van der Waals surface area contributed by atoms with Gasteiger partial charge in [0.2, 0.25) is 0 Å². The van der Waals surface area contributed by atoms with E-state index < -0.39 is 0 Å². The Bertz CT molecular complexity index is 1050. The van der Waals surface area contributed by atoms with Crippen molar-refractivity contribution >= 4 is 23.1 Å². The van der Waals surface area contributed by atoms with Crippen LogP contribution >= 0.6 is 0 Å². The average molecular weight is 452 g/mol. The van der Waals surface area contributed by atoms with Crippen LogP contribution in [0, 0.1) is 0 Å². The largest absolute Gasteiger partial charge is 0.493 e. The van der Waals surface area contributed by atoms with Gasteiger partial charge in [0.05, 0.1) is 32.9 Å². The highest BCUT2D eigenvalue weighted by Gasteiger charge is 2.42. The molecule has 8 nitrogen and oxygen atoms in total. The molecule has 33 heavy (non-hydrogen) atoms. The van der Waals surface area contributed by atoms with E-state index in [-0.39, 0.29) is 25.0 Å². The number of benzene rings is 2. The van der Waals surface area contributed by atoms with E-state index in [1.54, 1.807) is 39.5 Å². The van der Waals surface area contributed by atoms with Crippen LogP contribution in [0.3, 0.4) is 0 Å². The summed E-state index contributed by atoms with van der Waals surface area (Å²) >= 11 is 0. The van der Waals surface area contributed by atoms with Gasteiger partial charge in [-0.2, -0.15) is 0 Å². The van der Waals surface area contributed by atoms with Crippen molar-refractivity contribution in [1.82, 2.24) is 9.80 Å². The van der Waals surface area contributed by atoms with E-state index in [0.717, 1.165) is 18.8 Å². The van der Waals surface area contributed by atoms with Crippen LogP contribution in [-0.4, -0.2) is 82.3 Å². The number of para-hydroxylation sites is 1. The van der Waals surface area contributed by atoms with Gasteiger partial charge in [0.15, 0.2) is 11.5 Å². The average Bonchev–Trinajstić information content (AvgIpc) is 3.12. The van der Waals surface area contributed by atoms with Crippen molar-refractivity contribution in [2.75, 3.05) is 65.6 Å². The quantitative estimate of drug-likeness (QED) is 0.570. The molecule has 2 aliphatic rings. The first-order valence-corrected chi connectivity index (χ1v) is 11.0. The second-order valence-corrected chi connectivity index (χ2v) is 7.86. The number of anilines is 1. The third-order valence-electron chi connectivity index (χ3n) is 6.05. The smallest absolute Gasteiger partial charge is 0.277 e. The van der Waals surface area contributed by atoms with Gasteiger partial charge in [-0.15, -0.1) is 0 Å². The van der Waals surface area contributed by atoms with E-state index in [0.29, 0.717) is 41.4 Å². The Morgan fingerprint density at radius 3 is 2.09 bits per heavy atom. The summed E-state index contributed by atoms with van der Waals surface area (Å²) in [5.74, 6) is 0.471. The maximum absolute atomic E-state index is 13.4. The van der Waals surface area contributed by atoms with Crippen LogP contribution in [0.15, 0.2) is 54.2 Å². The summed E-state index contributed by atoms with van der Waals surface area (Å²) in [5, 5.41) is 0. The molecule has 2 heterocycles. The molecule has 1 fully saturated rings. The van der Waals surface area contributed by atoms with Gasteiger partial charge in [-0.1, -0.05) is 24.3 Å². The molecule has 0 N–H and O–H groups in total. The number of nitrogens with zero attached hydrogens (tertiary/aromatic N) is 3. The summed E-state index contributed by atoms with van der Waals surface area (Å²) in [6.07, 6.45) is 0. The molecular weight excluding hydrogens is 422 g/mol. The fourth-order valence-corrected chi connectivity index (χ4v) is 4.32. The van der Waals surface area contributed by atoms with Crippen LogP contribution in [0.4, 0.5) is 5.69 Å². The molecule has 0 bridgehead atoms. The molecule has 0 radical (unpaired) electrons. The first-order chi connectivity index (χ1) is 16.1. The number of ether oxygens (including phenoxy) is 3. The standard InChI is InChI=1S/C25H29N3O5/c1-31-16-15-28-24(29)22(18-9-10-20(32-2)21(17-18)33-3)23(25(28)30)27-13-11-26(12-14-27)19-7-5-4-6-8-19/h4-10,17H,11-16H2,1-3H3. The number of rotatable bonds is 8. The summed E-state index contributed by atoms with van der Waals surface area (Å²) in [4.78, 5) is 32.4. The summed E-state index contributed by atoms with van der Waals surface area (Å²) in [6.45, 7) is 3.28. The zero-order valence-corrected chi connectivity index (χ0v) is 19.2. The Labute approximate surface area is 193 Å². The van der Waals surface area contributed by atoms with Gasteiger partial charge >= 0.3 is 0 Å². The minimum Gasteiger partial charge on any atom is -0.493 e. The maximum Gasteiger partial charge on any atom is 0.277 e. The number of piperazine rings is 1. The zero-order chi connectivity index (χ0) is 23.4. The lowest BCUT2D eigenvalue weighted by molar-refractivity contribution is -0.138. The number of hydrogen-bond acceptors (Lipinski definition) is 7. The summed E-state index contributed by atoms with van der Waals surface area (Å²) in [5.41, 5.74) is 2.62. The van der Waals surface area contributed by atoms with Gasteiger partial charge in [0, 0.05) is 39.0 Å². The predicted octanol–water partition coefficient (Wildman–Crippen LogP) is 2.25. The molecule has 2 aromatic rings. The molecule has 2 aromatic carbocycles. The van der Waals surface area contributed by atoms with Crippen molar-refractivity contribution in [2.24, 2.45) is 0 Å². The van der Waals surface area contributed by atoms with Crippen LogP contribution in [0.2, 0.25) is 0 Å². The first kappa shape index (κ1) is 22.7. The Kier molecular flexibility index (Phi) is 6.84. The van der Waals surface area contributed by atoms with Crippen molar-refractivity contribution in [2.45, 2.75) is 0 Å². The van der Waals surface area contributed by atoms with Gasteiger partial charge < -0.3 is 24.0 Å². The van der Waals surface area contributed by atoms with Crippen LogP contribution in [0.25, 0.3) is 5.57 Å². The Morgan fingerprint density at radius 1 is 0.788 bits per heavy atom. The maximum atomic E-state index is 13.4. The molecular formula is C25H29N3O5.